The lowest BCUT2D eigenvalue weighted by molar-refractivity contribution is -0.141. The molecule has 3 atom stereocenters. The first-order chi connectivity index (χ1) is 14.4. The SMILES string of the molecule is CCN(C(=O)C(NC(=O)C1CCCCN1C(C)C)C(C)C)[C@@H](/C=C(\C)C(=O)O)C(C)C. The lowest BCUT2D eigenvalue weighted by Gasteiger charge is -2.39. The van der Waals surface area contributed by atoms with Crippen LogP contribution in [0.1, 0.15) is 74.7 Å². The monoisotopic (exact) mass is 437 g/mol. The summed E-state index contributed by atoms with van der Waals surface area (Å²) >= 11 is 0. The molecule has 1 aliphatic rings. The third-order valence-electron chi connectivity index (χ3n) is 6.17. The number of nitrogens with one attached hydrogen (secondary N) is 1. The molecule has 1 rings (SSSR count). The van der Waals surface area contributed by atoms with Crippen LogP contribution >= 0.6 is 0 Å². The topological polar surface area (TPSA) is 90.0 Å². The second kappa shape index (κ2) is 12.2. The van der Waals surface area contributed by atoms with Crippen LogP contribution in [0.25, 0.3) is 0 Å². The van der Waals surface area contributed by atoms with Gasteiger partial charge in [0.25, 0.3) is 0 Å². The van der Waals surface area contributed by atoms with E-state index in [0.29, 0.717) is 6.54 Å². The van der Waals surface area contributed by atoms with Crippen molar-refractivity contribution >= 4 is 17.8 Å². The number of carbonyl (C=O) groups excluding carboxylic acids is 2. The maximum absolute atomic E-state index is 13.6. The van der Waals surface area contributed by atoms with E-state index >= 15 is 0 Å². The van der Waals surface area contributed by atoms with E-state index in [0.717, 1.165) is 25.8 Å². The fraction of sp³-hybridized carbons (Fsp3) is 0.792. The number of carboxylic acid groups (broad SMARTS) is 1. The first-order valence-corrected chi connectivity index (χ1v) is 11.7. The molecule has 178 valence electrons. The minimum atomic E-state index is -0.992. The minimum absolute atomic E-state index is 0.0384. The largest absolute Gasteiger partial charge is 0.478 e. The molecule has 0 bridgehead atoms. The molecule has 0 aliphatic carbocycles. The Morgan fingerprint density at radius 1 is 1.10 bits per heavy atom. The van der Waals surface area contributed by atoms with Crippen molar-refractivity contribution in [2.75, 3.05) is 13.1 Å². The van der Waals surface area contributed by atoms with Crippen LogP contribution in [0.4, 0.5) is 0 Å². The third-order valence-corrected chi connectivity index (χ3v) is 6.17. The highest BCUT2D eigenvalue weighted by Crippen LogP contribution is 2.22. The second-order valence-electron chi connectivity index (χ2n) is 9.59. The van der Waals surface area contributed by atoms with Crippen LogP contribution in [0.3, 0.4) is 0 Å². The van der Waals surface area contributed by atoms with E-state index < -0.39 is 12.0 Å². The predicted molar refractivity (Wildman–Crippen MR) is 124 cm³/mol. The second-order valence-corrected chi connectivity index (χ2v) is 9.59. The molecule has 0 spiro atoms. The lowest BCUT2D eigenvalue weighted by atomic mass is 9.95. The number of rotatable bonds is 10. The molecule has 7 nitrogen and oxygen atoms in total. The summed E-state index contributed by atoms with van der Waals surface area (Å²) in [5.74, 6) is -1.29. The number of nitrogens with zero attached hydrogens (tertiary/aromatic N) is 2. The lowest BCUT2D eigenvalue weighted by Crippen LogP contribution is -2.59. The Balaban J connectivity index is 3.13. The quantitative estimate of drug-likeness (QED) is 0.512. The van der Waals surface area contributed by atoms with Gasteiger partial charge >= 0.3 is 5.97 Å². The highest BCUT2D eigenvalue weighted by molar-refractivity contribution is 5.90. The molecule has 2 N–H and O–H groups in total. The first-order valence-electron chi connectivity index (χ1n) is 11.7. The number of amides is 2. The Kier molecular flexibility index (Phi) is 10.7. The molecule has 0 aromatic carbocycles. The number of hydrogen-bond acceptors (Lipinski definition) is 4. The molecule has 0 aromatic rings. The van der Waals surface area contributed by atoms with Crippen LogP contribution in [0, 0.1) is 11.8 Å². The fourth-order valence-corrected chi connectivity index (χ4v) is 4.28. The Morgan fingerprint density at radius 3 is 2.16 bits per heavy atom. The number of likely N-dealkylation sites (tertiary alicyclic amines) is 1. The Morgan fingerprint density at radius 2 is 1.71 bits per heavy atom. The highest BCUT2D eigenvalue weighted by Gasteiger charge is 2.36. The van der Waals surface area contributed by atoms with Gasteiger partial charge in [0.2, 0.25) is 11.8 Å². The van der Waals surface area contributed by atoms with Gasteiger partial charge < -0.3 is 15.3 Å². The van der Waals surface area contributed by atoms with Gasteiger partial charge in [-0.15, -0.1) is 0 Å². The first kappa shape index (κ1) is 27.1. The smallest absolute Gasteiger partial charge is 0.331 e. The van der Waals surface area contributed by atoms with E-state index in [1.165, 1.54) is 0 Å². The molecule has 0 radical (unpaired) electrons. The van der Waals surface area contributed by atoms with Crippen LogP contribution in [-0.4, -0.2) is 69.9 Å². The van der Waals surface area contributed by atoms with E-state index in [1.807, 2.05) is 34.6 Å². The van der Waals surface area contributed by atoms with Gasteiger partial charge in [-0.3, -0.25) is 14.5 Å². The number of hydrogen-bond donors (Lipinski definition) is 2. The van der Waals surface area contributed by atoms with E-state index in [2.05, 4.69) is 24.1 Å². The molecule has 1 saturated heterocycles. The summed E-state index contributed by atoms with van der Waals surface area (Å²) in [6.45, 7) is 16.8. The molecular formula is C24H43N3O4. The summed E-state index contributed by atoms with van der Waals surface area (Å²) in [5.41, 5.74) is 0.213. The number of aliphatic carboxylic acids is 1. The zero-order chi connectivity index (χ0) is 23.9. The summed E-state index contributed by atoms with van der Waals surface area (Å²) in [6, 6.07) is -0.949. The van der Waals surface area contributed by atoms with Crippen molar-refractivity contribution in [2.45, 2.75) is 98.8 Å². The fourth-order valence-electron chi connectivity index (χ4n) is 4.28. The summed E-state index contributed by atoms with van der Waals surface area (Å²) < 4.78 is 0. The van der Waals surface area contributed by atoms with E-state index in [1.54, 1.807) is 17.9 Å². The van der Waals surface area contributed by atoms with Crippen molar-refractivity contribution in [1.82, 2.24) is 15.1 Å². The zero-order valence-corrected chi connectivity index (χ0v) is 20.6. The Labute approximate surface area is 188 Å². The molecule has 0 aromatic heterocycles. The minimum Gasteiger partial charge on any atom is -0.478 e. The van der Waals surface area contributed by atoms with Crippen molar-refractivity contribution in [1.29, 1.82) is 0 Å². The van der Waals surface area contributed by atoms with Crippen LogP contribution in [0.2, 0.25) is 0 Å². The molecular weight excluding hydrogens is 394 g/mol. The number of carboxylic acids is 1. The van der Waals surface area contributed by atoms with Crippen molar-refractivity contribution in [3.8, 4) is 0 Å². The van der Waals surface area contributed by atoms with Gasteiger partial charge in [0.05, 0.1) is 12.1 Å². The van der Waals surface area contributed by atoms with E-state index in [-0.39, 0.29) is 47.3 Å². The highest BCUT2D eigenvalue weighted by atomic mass is 16.4. The van der Waals surface area contributed by atoms with Crippen molar-refractivity contribution < 1.29 is 19.5 Å². The average Bonchev–Trinajstić information content (AvgIpc) is 2.70. The summed E-state index contributed by atoms with van der Waals surface area (Å²) in [7, 11) is 0. The standard InChI is InChI=1S/C24H43N3O4/c1-9-26(20(15(2)3)14-18(8)24(30)31)23(29)21(16(4)5)25-22(28)19-12-10-11-13-27(19)17(6)7/h14-17,19-21H,9-13H2,1-8H3,(H,25,28)(H,30,31)/b18-14+/t19?,20-,21?/m0/s1. The van der Waals surface area contributed by atoms with Gasteiger partial charge in [-0.1, -0.05) is 40.2 Å². The Bertz CT molecular complexity index is 657. The van der Waals surface area contributed by atoms with Crippen LogP contribution in [0.15, 0.2) is 11.6 Å². The average molecular weight is 438 g/mol. The molecule has 2 unspecified atom stereocenters. The Hall–Kier alpha value is -1.89. The van der Waals surface area contributed by atoms with Gasteiger partial charge in [0.15, 0.2) is 0 Å². The molecule has 7 heteroatoms. The maximum Gasteiger partial charge on any atom is 0.331 e. The van der Waals surface area contributed by atoms with E-state index in [4.69, 9.17) is 0 Å². The van der Waals surface area contributed by atoms with Crippen LogP contribution in [-0.2, 0) is 14.4 Å². The van der Waals surface area contributed by atoms with Gasteiger partial charge in [-0.05, 0) is 58.9 Å². The normalized spacial score (nSPS) is 20.1. The molecule has 1 aliphatic heterocycles. The summed E-state index contributed by atoms with van der Waals surface area (Å²) in [4.78, 5) is 42.0. The third kappa shape index (κ3) is 7.34. The zero-order valence-electron chi connectivity index (χ0n) is 20.6. The maximum atomic E-state index is 13.6. The van der Waals surface area contributed by atoms with Crippen molar-refractivity contribution in [3.63, 3.8) is 0 Å². The van der Waals surface area contributed by atoms with Gasteiger partial charge in [-0.2, -0.15) is 0 Å². The number of likely N-dealkylation sites (N-methyl/N-ethyl adjacent to an activating group) is 1. The van der Waals surface area contributed by atoms with Crippen LogP contribution in [0.5, 0.6) is 0 Å². The molecule has 1 heterocycles. The molecule has 0 saturated carbocycles. The molecule has 2 amide bonds. The summed E-state index contributed by atoms with van der Waals surface area (Å²) in [6.07, 6.45) is 4.55. The molecule has 31 heavy (non-hydrogen) atoms. The molecule has 1 fully saturated rings. The van der Waals surface area contributed by atoms with Gasteiger partial charge in [-0.25, -0.2) is 4.79 Å². The van der Waals surface area contributed by atoms with Gasteiger partial charge in [0.1, 0.15) is 6.04 Å². The van der Waals surface area contributed by atoms with E-state index in [9.17, 15) is 19.5 Å². The summed E-state index contributed by atoms with van der Waals surface area (Å²) in [5, 5.41) is 12.3. The van der Waals surface area contributed by atoms with Crippen molar-refractivity contribution in [3.05, 3.63) is 11.6 Å². The predicted octanol–water partition coefficient (Wildman–Crippen LogP) is 3.29. The van der Waals surface area contributed by atoms with Crippen LogP contribution < -0.4 is 5.32 Å². The van der Waals surface area contributed by atoms with Crippen molar-refractivity contribution in [2.24, 2.45) is 11.8 Å². The number of piperidine rings is 1. The van der Waals surface area contributed by atoms with Gasteiger partial charge in [0, 0.05) is 18.2 Å². The number of carbonyl (C=O) groups is 3.